The first-order chi connectivity index (χ1) is 7.95. The molecule has 0 N–H and O–H groups in total. The van der Waals surface area contributed by atoms with Crippen molar-refractivity contribution in [2.24, 2.45) is 0 Å². The summed E-state index contributed by atoms with van der Waals surface area (Å²) < 4.78 is 11.4. The van der Waals surface area contributed by atoms with Gasteiger partial charge in [0.1, 0.15) is 0 Å². The fourth-order valence-electron chi connectivity index (χ4n) is 1.20. The van der Waals surface area contributed by atoms with Crippen molar-refractivity contribution in [3.8, 4) is 0 Å². The predicted octanol–water partition coefficient (Wildman–Crippen LogP) is 2.71. The molecule has 0 fully saturated rings. The van der Waals surface area contributed by atoms with E-state index in [1.807, 2.05) is 39.8 Å². The van der Waals surface area contributed by atoms with Crippen LogP contribution in [-0.2, 0) is 15.7 Å². The summed E-state index contributed by atoms with van der Waals surface area (Å²) >= 11 is -3.62. The van der Waals surface area contributed by atoms with E-state index in [-0.39, 0.29) is 0 Å². The second kappa shape index (κ2) is 8.33. The van der Waals surface area contributed by atoms with E-state index in [1.165, 1.54) is 0 Å². The van der Waals surface area contributed by atoms with Gasteiger partial charge in [0.25, 0.3) is 0 Å². The van der Waals surface area contributed by atoms with Crippen LogP contribution in [0.5, 0.6) is 0 Å². The van der Waals surface area contributed by atoms with E-state index in [2.05, 4.69) is 0 Å². The molecule has 0 spiro atoms. The Kier molecular flexibility index (Phi) is 7.95. The Hall–Kier alpha value is -0.781. The monoisotopic (exact) mass is 348 g/mol. The molecule has 0 saturated heterocycles. The van der Waals surface area contributed by atoms with Gasteiger partial charge in [0, 0.05) is 0 Å². The van der Waals surface area contributed by atoms with Crippen molar-refractivity contribution < 1.29 is 15.7 Å². The summed E-state index contributed by atoms with van der Waals surface area (Å²) in [7, 11) is 0. The molecule has 0 rings (SSSR count). The Balaban J connectivity index is 4.95. The third-order valence-corrected chi connectivity index (χ3v) is 9.89. The Bertz CT molecular complexity index is 280. The average Bonchev–Trinajstić information content (AvgIpc) is 2.24. The van der Waals surface area contributed by atoms with Gasteiger partial charge in [0.05, 0.1) is 0 Å². The summed E-state index contributed by atoms with van der Waals surface area (Å²) in [4.78, 5) is 21.2. The summed E-state index contributed by atoms with van der Waals surface area (Å²) in [6.45, 7) is 8.63. The summed E-state index contributed by atoms with van der Waals surface area (Å²) in [5, 5.41) is 0. The number of hydrogen-bond donors (Lipinski definition) is 0. The zero-order valence-electron chi connectivity index (χ0n) is 10.9. The van der Waals surface area contributed by atoms with E-state index >= 15 is 0 Å². The summed E-state index contributed by atoms with van der Waals surface area (Å²) in [6, 6.07) is 0. The van der Waals surface area contributed by atoms with E-state index in [0.717, 1.165) is 11.1 Å². The standard InChI is InChI=1S/2C5H9.2CH2O2.Sn/c2*1-4-5(2)3;2*2-1-3;/h2*4H,1H2,2-3H3;2*1H,(H,2,3);/q;;;;+2/p-2. The van der Waals surface area contributed by atoms with Crippen LogP contribution in [0.1, 0.15) is 27.7 Å². The molecule has 0 aromatic heterocycles. The van der Waals surface area contributed by atoms with Gasteiger partial charge in [0.15, 0.2) is 0 Å². The van der Waals surface area contributed by atoms with Crippen molar-refractivity contribution >= 4 is 32.1 Å². The van der Waals surface area contributed by atoms with Gasteiger partial charge in [-0.15, -0.1) is 0 Å². The third kappa shape index (κ3) is 7.20. The molecule has 0 aliphatic heterocycles. The molecule has 0 unspecified atom stereocenters. The molecule has 0 aromatic rings. The van der Waals surface area contributed by atoms with Gasteiger partial charge >= 0.3 is 108 Å². The summed E-state index contributed by atoms with van der Waals surface area (Å²) in [5.74, 6) is 0. The predicted molar refractivity (Wildman–Crippen MR) is 68.5 cm³/mol. The molecule has 0 aliphatic rings. The minimum absolute atomic E-state index is 0.400. The van der Waals surface area contributed by atoms with Crippen LogP contribution in [0.4, 0.5) is 0 Å². The van der Waals surface area contributed by atoms with E-state index in [0.29, 0.717) is 21.8 Å². The van der Waals surface area contributed by atoms with Crippen molar-refractivity contribution in [2.75, 3.05) is 0 Å². The number of hydrogen-bond acceptors (Lipinski definition) is 4. The van der Waals surface area contributed by atoms with Gasteiger partial charge in [-0.1, -0.05) is 0 Å². The van der Waals surface area contributed by atoms with Crippen LogP contribution < -0.4 is 0 Å². The van der Waals surface area contributed by atoms with Gasteiger partial charge < -0.3 is 0 Å². The van der Waals surface area contributed by atoms with Crippen molar-refractivity contribution in [2.45, 2.75) is 36.6 Å². The van der Waals surface area contributed by atoms with Crippen LogP contribution in [0.15, 0.2) is 23.3 Å². The Morgan fingerprint density at radius 1 is 0.882 bits per heavy atom. The molecular weight excluding hydrogens is 327 g/mol. The Morgan fingerprint density at radius 2 is 1.24 bits per heavy atom. The van der Waals surface area contributed by atoms with Crippen molar-refractivity contribution in [1.29, 1.82) is 0 Å². The van der Waals surface area contributed by atoms with Gasteiger partial charge in [-0.25, -0.2) is 0 Å². The van der Waals surface area contributed by atoms with Crippen LogP contribution in [0, 0.1) is 0 Å². The Labute approximate surface area is 108 Å². The van der Waals surface area contributed by atoms with Crippen molar-refractivity contribution in [3.63, 3.8) is 0 Å². The van der Waals surface area contributed by atoms with Crippen LogP contribution in [-0.4, -0.2) is 32.1 Å². The molecule has 0 atom stereocenters. The van der Waals surface area contributed by atoms with E-state index < -0.39 is 19.2 Å². The van der Waals surface area contributed by atoms with Crippen LogP contribution in [0.25, 0.3) is 0 Å². The maximum atomic E-state index is 10.6. The molecule has 4 nitrogen and oxygen atoms in total. The number of allylic oxidation sites excluding steroid dienone is 4. The number of carbonyl (C=O) groups excluding carboxylic acids is 2. The van der Waals surface area contributed by atoms with Gasteiger partial charge in [-0.2, -0.15) is 0 Å². The van der Waals surface area contributed by atoms with Crippen molar-refractivity contribution in [1.82, 2.24) is 0 Å². The zero-order chi connectivity index (χ0) is 13.3. The van der Waals surface area contributed by atoms with E-state index in [1.54, 1.807) is 0 Å². The molecule has 0 aliphatic carbocycles. The van der Waals surface area contributed by atoms with E-state index in [9.17, 15) is 9.59 Å². The topological polar surface area (TPSA) is 52.6 Å². The first kappa shape index (κ1) is 16.2. The molecule has 0 amide bonds. The quantitative estimate of drug-likeness (QED) is 0.385. The summed E-state index contributed by atoms with van der Waals surface area (Å²) in [5.41, 5.74) is 2.24. The second-order valence-corrected chi connectivity index (χ2v) is 13.2. The first-order valence-corrected chi connectivity index (χ1v) is 11.8. The van der Waals surface area contributed by atoms with Gasteiger partial charge in [-0.3, -0.25) is 0 Å². The summed E-state index contributed by atoms with van der Waals surface area (Å²) in [6.07, 6.45) is 3.92. The minimum atomic E-state index is -3.62. The SMILES string of the molecule is CC(C)=C[CH2][Sn]([CH2]C=C(C)C)([O]C=O)[O]C=O. The fraction of sp³-hybridized carbons (Fsp3) is 0.500. The molecule has 96 valence electrons. The van der Waals surface area contributed by atoms with E-state index in [4.69, 9.17) is 6.15 Å². The molecule has 0 heterocycles. The molecule has 0 bridgehead atoms. The third-order valence-electron chi connectivity index (χ3n) is 2.17. The average molecular weight is 347 g/mol. The molecule has 17 heavy (non-hydrogen) atoms. The maximum absolute atomic E-state index is 10.6. The van der Waals surface area contributed by atoms with Gasteiger partial charge in [-0.05, 0) is 0 Å². The fourth-order valence-corrected chi connectivity index (χ4v) is 8.04. The molecule has 0 radical (unpaired) electrons. The molecule has 0 saturated carbocycles. The van der Waals surface area contributed by atoms with Crippen molar-refractivity contribution in [3.05, 3.63) is 23.3 Å². The Morgan fingerprint density at radius 3 is 1.47 bits per heavy atom. The van der Waals surface area contributed by atoms with Crippen LogP contribution in [0.2, 0.25) is 8.87 Å². The second-order valence-electron chi connectivity index (χ2n) is 4.31. The van der Waals surface area contributed by atoms with Crippen LogP contribution >= 0.6 is 0 Å². The molecular formula is C12H20O4Sn. The normalized spacial score (nSPS) is 10.1. The number of rotatable bonds is 8. The number of carbonyl (C=O) groups is 2. The zero-order valence-corrected chi connectivity index (χ0v) is 13.7. The van der Waals surface area contributed by atoms with Gasteiger partial charge in [0.2, 0.25) is 0 Å². The molecule has 5 heteroatoms. The first-order valence-electron chi connectivity index (χ1n) is 5.45. The molecule has 0 aromatic carbocycles. The van der Waals surface area contributed by atoms with Crippen LogP contribution in [0.3, 0.4) is 0 Å².